The number of ether oxygens (including phenoxy) is 3. The molecule has 138 valence electrons. The summed E-state index contributed by atoms with van der Waals surface area (Å²) in [6.07, 6.45) is -1.17. The van der Waals surface area contributed by atoms with Crippen molar-refractivity contribution in [3.63, 3.8) is 0 Å². The fraction of sp³-hybridized carbons (Fsp3) is 0.174. The number of hydrogen-bond acceptors (Lipinski definition) is 4. The van der Waals surface area contributed by atoms with Gasteiger partial charge in [0.25, 0.3) is 6.29 Å². The molecule has 0 radical (unpaired) electrons. The molecule has 4 nitrogen and oxygen atoms in total. The van der Waals surface area contributed by atoms with Gasteiger partial charge in [-0.3, -0.25) is 0 Å². The van der Waals surface area contributed by atoms with E-state index in [4.69, 9.17) is 14.2 Å². The van der Waals surface area contributed by atoms with Crippen LogP contribution in [0, 0.1) is 13.8 Å². The molecule has 27 heavy (non-hydrogen) atoms. The largest absolute Gasteiger partial charge is 0.454 e. The van der Waals surface area contributed by atoms with Crippen molar-refractivity contribution in [2.24, 2.45) is 0 Å². The van der Waals surface area contributed by atoms with E-state index in [-0.39, 0.29) is 6.61 Å². The molecule has 3 rings (SSSR count). The van der Waals surface area contributed by atoms with E-state index in [1.807, 2.05) is 68.4 Å². The van der Waals surface area contributed by atoms with E-state index in [0.717, 1.165) is 16.7 Å². The van der Waals surface area contributed by atoms with Crippen molar-refractivity contribution in [1.82, 2.24) is 0 Å². The zero-order chi connectivity index (χ0) is 19.1. The normalized spacial score (nSPS) is 11.6. The molecule has 0 aliphatic rings. The maximum Gasteiger partial charge on any atom is 0.381 e. The number of aryl methyl sites for hydroxylation is 2. The molecule has 0 saturated carbocycles. The molecule has 0 heterocycles. The second kappa shape index (κ2) is 9.01. The minimum atomic E-state index is -1.17. The summed E-state index contributed by atoms with van der Waals surface area (Å²) in [6.45, 7) is 4.18. The fourth-order valence-electron chi connectivity index (χ4n) is 2.67. The lowest BCUT2D eigenvalue weighted by Gasteiger charge is -2.19. The number of carbonyl (C=O) groups is 1. The molecule has 0 bridgehead atoms. The van der Waals surface area contributed by atoms with E-state index < -0.39 is 12.3 Å². The Hall–Kier alpha value is -3.11. The van der Waals surface area contributed by atoms with Gasteiger partial charge < -0.3 is 14.2 Å². The Morgan fingerprint density at radius 1 is 0.815 bits per heavy atom. The van der Waals surface area contributed by atoms with Gasteiger partial charge in [-0.15, -0.1) is 0 Å². The van der Waals surface area contributed by atoms with E-state index in [0.29, 0.717) is 11.5 Å². The molecule has 3 aromatic carbocycles. The Balaban J connectivity index is 1.75. The Morgan fingerprint density at radius 3 is 2.04 bits per heavy atom. The number of para-hydroxylation sites is 1. The van der Waals surface area contributed by atoms with Crippen LogP contribution in [0.15, 0.2) is 78.9 Å². The van der Waals surface area contributed by atoms with Crippen molar-refractivity contribution < 1.29 is 19.0 Å². The van der Waals surface area contributed by atoms with Gasteiger partial charge in [-0.25, -0.2) is 4.79 Å². The number of rotatable bonds is 7. The van der Waals surface area contributed by atoms with Crippen molar-refractivity contribution in [2.75, 3.05) is 0 Å². The average molecular weight is 362 g/mol. The summed E-state index contributed by atoms with van der Waals surface area (Å²) < 4.78 is 17.0. The first-order valence-electron chi connectivity index (χ1n) is 8.77. The second-order valence-electron chi connectivity index (χ2n) is 6.30. The quantitative estimate of drug-likeness (QED) is 0.343. The molecule has 0 aromatic heterocycles. The van der Waals surface area contributed by atoms with Crippen LogP contribution in [0.3, 0.4) is 0 Å². The lowest BCUT2D eigenvalue weighted by molar-refractivity contribution is -0.170. The third-order valence-corrected chi connectivity index (χ3v) is 3.84. The molecule has 0 amide bonds. The predicted molar refractivity (Wildman–Crippen MR) is 104 cm³/mol. The van der Waals surface area contributed by atoms with Crippen molar-refractivity contribution in [3.8, 4) is 11.5 Å². The van der Waals surface area contributed by atoms with Crippen LogP contribution in [-0.4, -0.2) is 12.3 Å². The molecular weight excluding hydrogens is 340 g/mol. The Labute approximate surface area is 159 Å². The van der Waals surface area contributed by atoms with Crippen LogP contribution in [0.25, 0.3) is 0 Å². The third-order valence-electron chi connectivity index (χ3n) is 3.84. The summed E-state index contributed by atoms with van der Waals surface area (Å²) in [6, 6.07) is 24.3. The number of benzene rings is 3. The topological polar surface area (TPSA) is 44.8 Å². The second-order valence-corrected chi connectivity index (χ2v) is 6.30. The van der Waals surface area contributed by atoms with Gasteiger partial charge in [0.05, 0.1) is 6.61 Å². The zero-order valence-electron chi connectivity index (χ0n) is 15.4. The first-order valence-corrected chi connectivity index (χ1v) is 8.77. The van der Waals surface area contributed by atoms with Gasteiger partial charge in [-0.1, -0.05) is 54.6 Å². The standard InChI is InChI=1S/C23H22O4/c1-17-13-18(2)15-21(14-17)27-23(25-16-19-9-5-3-6-10-19)22(24)26-20-11-7-4-8-12-20/h3-15,23H,16H2,1-2H3. The van der Waals surface area contributed by atoms with E-state index in [9.17, 15) is 4.79 Å². The summed E-state index contributed by atoms with van der Waals surface area (Å²) in [5.74, 6) is 0.409. The lowest BCUT2D eigenvalue weighted by atomic mass is 10.1. The highest BCUT2D eigenvalue weighted by atomic mass is 16.7. The van der Waals surface area contributed by atoms with E-state index in [1.54, 1.807) is 24.3 Å². The van der Waals surface area contributed by atoms with Crippen LogP contribution in [0.4, 0.5) is 0 Å². The number of carbonyl (C=O) groups excluding carboxylic acids is 1. The zero-order valence-corrected chi connectivity index (χ0v) is 15.4. The summed E-state index contributed by atoms with van der Waals surface area (Å²) in [5, 5.41) is 0. The van der Waals surface area contributed by atoms with Crippen LogP contribution < -0.4 is 9.47 Å². The maximum atomic E-state index is 12.6. The molecule has 0 N–H and O–H groups in total. The molecule has 0 saturated heterocycles. The highest BCUT2D eigenvalue weighted by Crippen LogP contribution is 2.20. The summed E-state index contributed by atoms with van der Waals surface area (Å²) in [4.78, 5) is 12.6. The highest BCUT2D eigenvalue weighted by Gasteiger charge is 2.24. The van der Waals surface area contributed by atoms with Gasteiger partial charge in [0.1, 0.15) is 11.5 Å². The fourth-order valence-corrected chi connectivity index (χ4v) is 2.67. The first-order chi connectivity index (χ1) is 13.1. The first kappa shape index (κ1) is 18.7. The average Bonchev–Trinajstić information content (AvgIpc) is 2.66. The Morgan fingerprint density at radius 2 is 1.41 bits per heavy atom. The number of esters is 1. The van der Waals surface area contributed by atoms with Crippen LogP contribution >= 0.6 is 0 Å². The van der Waals surface area contributed by atoms with Crippen molar-refractivity contribution in [1.29, 1.82) is 0 Å². The molecule has 0 aliphatic heterocycles. The molecule has 4 heteroatoms. The minimum absolute atomic E-state index is 0.236. The van der Waals surface area contributed by atoms with Crippen LogP contribution in [0.2, 0.25) is 0 Å². The van der Waals surface area contributed by atoms with Gasteiger partial charge >= 0.3 is 5.97 Å². The molecule has 0 aliphatic carbocycles. The Bertz CT molecular complexity index is 855. The van der Waals surface area contributed by atoms with Crippen molar-refractivity contribution >= 4 is 5.97 Å². The summed E-state index contributed by atoms with van der Waals surface area (Å²) >= 11 is 0. The molecule has 1 unspecified atom stereocenters. The smallest absolute Gasteiger partial charge is 0.381 e. The van der Waals surface area contributed by atoms with E-state index in [1.165, 1.54) is 0 Å². The Kier molecular flexibility index (Phi) is 6.23. The van der Waals surface area contributed by atoms with Gasteiger partial charge in [0.15, 0.2) is 0 Å². The van der Waals surface area contributed by atoms with E-state index >= 15 is 0 Å². The maximum absolute atomic E-state index is 12.6. The number of hydrogen-bond donors (Lipinski definition) is 0. The monoisotopic (exact) mass is 362 g/mol. The molecule has 3 aromatic rings. The van der Waals surface area contributed by atoms with E-state index in [2.05, 4.69) is 0 Å². The van der Waals surface area contributed by atoms with Crippen LogP contribution in [-0.2, 0) is 16.1 Å². The van der Waals surface area contributed by atoms with Gasteiger partial charge in [-0.2, -0.15) is 0 Å². The van der Waals surface area contributed by atoms with Crippen LogP contribution in [0.5, 0.6) is 11.5 Å². The van der Waals surface area contributed by atoms with Gasteiger partial charge in [0, 0.05) is 0 Å². The van der Waals surface area contributed by atoms with Crippen LogP contribution in [0.1, 0.15) is 16.7 Å². The lowest BCUT2D eigenvalue weighted by Crippen LogP contribution is -2.34. The minimum Gasteiger partial charge on any atom is -0.454 e. The highest BCUT2D eigenvalue weighted by molar-refractivity contribution is 5.76. The van der Waals surface area contributed by atoms with Crippen molar-refractivity contribution in [2.45, 2.75) is 26.7 Å². The molecule has 0 spiro atoms. The SMILES string of the molecule is Cc1cc(C)cc(OC(OCc2ccccc2)C(=O)Oc2ccccc2)c1. The molecule has 0 fully saturated rings. The van der Waals surface area contributed by atoms with Crippen molar-refractivity contribution in [3.05, 3.63) is 95.6 Å². The summed E-state index contributed by atoms with van der Waals surface area (Å²) in [5.41, 5.74) is 3.03. The third kappa shape index (κ3) is 5.69. The predicted octanol–water partition coefficient (Wildman–Crippen LogP) is 4.83. The van der Waals surface area contributed by atoms with Gasteiger partial charge in [-0.05, 0) is 54.8 Å². The molecular formula is C23H22O4. The summed E-state index contributed by atoms with van der Waals surface area (Å²) in [7, 11) is 0. The van der Waals surface area contributed by atoms with Gasteiger partial charge in [0.2, 0.25) is 0 Å². The molecule has 1 atom stereocenters.